The van der Waals surface area contributed by atoms with Gasteiger partial charge in [-0.1, -0.05) is 6.92 Å². The van der Waals surface area contributed by atoms with Gasteiger partial charge in [-0.05, 0) is 41.8 Å². The van der Waals surface area contributed by atoms with E-state index in [1.54, 1.807) is 11.3 Å². The molecule has 0 spiro atoms. The average molecular weight is 226 g/mol. The highest BCUT2D eigenvalue weighted by Gasteiger charge is 1.99. The van der Waals surface area contributed by atoms with E-state index in [2.05, 4.69) is 34.4 Å². The van der Waals surface area contributed by atoms with Crippen LogP contribution in [0.25, 0.3) is 0 Å². The molecule has 0 fully saturated rings. The van der Waals surface area contributed by atoms with Crippen LogP contribution in [0.1, 0.15) is 18.9 Å². The molecule has 0 saturated carbocycles. The number of amides is 1. The summed E-state index contributed by atoms with van der Waals surface area (Å²) in [5, 5.41) is 10.1. The molecule has 0 aliphatic heterocycles. The molecule has 1 aromatic heterocycles. The van der Waals surface area contributed by atoms with Crippen LogP contribution < -0.4 is 10.6 Å². The molecule has 2 N–H and O–H groups in total. The van der Waals surface area contributed by atoms with Gasteiger partial charge in [-0.25, -0.2) is 0 Å². The van der Waals surface area contributed by atoms with Crippen LogP contribution in [0.2, 0.25) is 0 Å². The summed E-state index contributed by atoms with van der Waals surface area (Å²) in [4.78, 5) is 11.3. The van der Waals surface area contributed by atoms with Crippen LogP contribution in [0.5, 0.6) is 0 Å². The van der Waals surface area contributed by atoms with Crippen LogP contribution in [0.15, 0.2) is 16.8 Å². The maximum atomic E-state index is 11.3. The molecule has 15 heavy (non-hydrogen) atoms. The second-order valence-corrected chi connectivity index (χ2v) is 4.19. The fourth-order valence-corrected chi connectivity index (χ4v) is 1.93. The predicted octanol–water partition coefficient (Wildman–Crippen LogP) is 1.41. The van der Waals surface area contributed by atoms with Crippen LogP contribution in [-0.2, 0) is 11.2 Å². The second-order valence-electron chi connectivity index (χ2n) is 3.41. The molecular formula is C11H18N2OS. The maximum absolute atomic E-state index is 11.3. The van der Waals surface area contributed by atoms with E-state index in [0.717, 1.165) is 25.9 Å². The lowest BCUT2D eigenvalue weighted by Crippen LogP contribution is -2.35. The summed E-state index contributed by atoms with van der Waals surface area (Å²) in [6.07, 6.45) is 1.98. The fraction of sp³-hybridized carbons (Fsp3) is 0.545. The van der Waals surface area contributed by atoms with E-state index in [-0.39, 0.29) is 5.91 Å². The fourth-order valence-electron chi connectivity index (χ4n) is 1.22. The standard InChI is InChI=1S/C11H18N2OS/c1-2-5-12-8-11(14)13-6-3-10-4-7-15-9-10/h4,7,9,12H,2-3,5-6,8H2,1H3,(H,13,14). The lowest BCUT2D eigenvalue weighted by atomic mass is 10.2. The summed E-state index contributed by atoms with van der Waals surface area (Å²) in [5.41, 5.74) is 1.29. The third kappa shape index (κ3) is 5.54. The van der Waals surface area contributed by atoms with E-state index < -0.39 is 0 Å². The molecule has 3 nitrogen and oxygen atoms in total. The van der Waals surface area contributed by atoms with Gasteiger partial charge in [0.15, 0.2) is 0 Å². The van der Waals surface area contributed by atoms with Crippen molar-refractivity contribution in [3.05, 3.63) is 22.4 Å². The topological polar surface area (TPSA) is 41.1 Å². The molecule has 0 unspecified atom stereocenters. The minimum atomic E-state index is 0.0821. The third-order valence-corrected chi connectivity index (χ3v) is 2.76. The summed E-state index contributed by atoms with van der Waals surface area (Å²) in [7, 11) is 0. The molecule has 1 rings (SSSR count). The molecule has 4 heteroatoms. The van der Waals surface area contributed by atoms with Crippen molar-refractivity contribution >= 4 is 17.2 Å². The Labute approximate surface area is 94.9 Å². The molecule has 1 aromatic rings. The predicted molar refractivity (Wildman–Crippen MR) is 64.2 cm³/mol. The molecule has 0 aliphatic carbocycles. The molecular weight excluding hydrogens is 208 g/mol. The van der Waals surface area contributed by atoms with Crippen molar-refractivity contribution in [3.8, 4) is 0 Å². The number of thiophene rings is 1. The Morgan fingerprint density at radius 3 is 3.00 bits per heavy atom. The van der Waals surface area contributed by atoms with E-state index >= 15 is 0 Å². The Kier molecular flexibility index (Phi) is 6.04. The SMILES string of the molecule is CCCNCC(=O)NCCc1ccsc1. The number of hydrogen-bond acceptors (Lipinski definition) is 3. The zero-order valence-corrected chi connectivity index (χ0v) is 9.90. The molecule has 1 heterocycles. The van der Waals surface area contributed by atoms with E-state index in [1.165, 1.54) is 5.56 Å². The van der Waals surface area contributed by atoms with Crippen molar-refractivity contribution in [2.24, 2.45) is 0 Å². The van der Waals surface area contributed by atoms with Gasteiger partial charge in [0.25, 0.3) is 0 Å². The van der Waals surface area contributed by atoms with Crippen molar-refractivity contribution in [3.63, 3.8) is 0 Å². The summed E-state index contributed by atoms with van der Waals surface area (Å²) in [6, 6.07) is 2.09. The highest BCUT2D eigenvalue weighted by atomic mass is 32.1. The molecule has 0 aromatic carbocycles. The number of rotatable bonds is 7. The van der Waals surface area contributed by atoms with Crippen LogP contribution in [0.4, 0.5) is 0 Å². The molecule has 84 valence electrons. The first kappa shape index (κ1) is 12.2. The second kappa shape index (κ2) is 7.43. The largest absolute Gasteiger partial charge is 0.355 e. The zero-order valence-electron chi connectivity index (χ0n) is 9.08. The quantitative estimate of drug-likeness (QED) is 0.690. The molecule has 0 bridgehead atoms. The van der Waals surface area contributed by atoms with E-state index in [9.17, 15) is 4.79 Å². The van der Waals surface area contributed by atoms with Crippen molar-refractivity contribution in [2.45, 2.75) is 19.8 Å². The van der Waals surface area contributed by atoms with Crippen LogP contribution in [0, 0.1) is 0 Å². The highest BCUT2D eigenvalue weighted by Crippen LogP contribution is 2.05. The normalized spacial score (nSPS) is 10.2. The van der Waals surface area contributed by atoms with Gasteiger partial charge in [-0.3, -0.25) is 4.79 Å². The summed E-state index contributed by atoms with van der Waals surface area (Å²) >= 11 is 1.69. The average Bonchev–Trinajstić information content (AvgIpc) is 2.71. The summed E-state index contributed by atoms with van der Waals surface area (Å²) < 4.78 is 0. The van der Waals surface area contributed by atoms with Gasteiger partial charge in [0.05, 0.1) is 6.54 Å². The number of carbonyl (C=O) groups is 1. The van der Waals surface area contributed by atoms with Gasteiger partial charge < -0.3 is 10.6 Å². The number of nitrogens with one attached hydrogen (secondary N) is 2. The molecule has 0 atom stereocenters. The minimum Gasteiger partial charge on any atom is -0.355 e. The van der Waals surface area contributed by atoms with E-state index in [4.69, 9.17) is 0 Å². The first-order valence-corrected chi connectivity index (χ1v) is 6.25. The van der Waals surface area contributed by atoms with Gasteiger partial charge in [-0.15, -0.1) is 0 Å². The first-order chi connectivity index (χ1) is 7.33. The van der Waals surface area contributed by atoms with Gasteiger partial charge >= 0.3 is 0 Å². The highest BCUT2D eigenvalue weighted by molar-refractivity contribution is 7.07. The van der Waals surface area contributed by atoms with Crippen LogP contribution in [0.3, 0.4) is 0 Å². The molecule has 1 amide bonds. The van der Waals surface area contributed by atoms with Gasteiger partial charge in [0.1, 0.15) is 0 Å². The van der Waals surface area contributed by atoms with Gasteiger partial charge in [0, 0.05) is 6.54 Å². The maximum Gasteiger partial charge on any atom is 0.233 e. The van der Waals surface area contributed by atoms with E-state index in [0.29, 0.717) is 6.54 Å². The Morgan fingerprint density at radius 2 is 2.33 bits per heavy atom. The number of hydrogen-bond donors (Lipinski definition) is 2. The van der Waals surface area contributed by atoms with Crippen LogP contribution in [-0.4, -0.2) is 25.5 Å². The smallest absolute Gasteiger partial charge is 0.233 e. The van der Waals surface area contributed by atoms with Crippen molar-refractivity contribution in [2.75, 3.05) is 19.6 Å². The van der Waals surface area contributed by atoms with Gasteiger partial charge in [0.2, 0.25) is 5.91 Å². The lowest BCUT2D eigenvalue weighted by Gasteiger charge is -2.04. The molecule has 0 radical (unpaired) electrons. The minimum absolute atomic E-state index is 0.0821. The van der Waals surface area contributed by atoms with Crippen molar-refractivity contribution < 1.29 is 4.79 Å². The Balaban J connectivity index is 2.02. The van der Waals surface area contributed by atoms with Crippen molar-refractivity contribution in [1.82, 2.24) is 10.6 Å². The Bertz CT molecular complexity index is 272. The monoisotopic (exact) mass is 226 g/mol. The first-order valence-electron chi connectivity index (χ1n) is 5.31. The summed E-state index contributed by atoms with van der Waals surface area (Å²) in [5.74, 6) is 0.0821. The summed E-state index contributed by atoms with van der Waals surface area (Å²) in [6.45, 7) is 4.14. The molecule has 0 saturated heterocycles. The van der Waals surface area contributed by atoms with Gasteiger partial charge in [-0.2, -0.15) is 11.3 Å². The lowest BCUT2D eigenvalue weighted by molar-refractivity contribution is -0.120. The zero-order chi connectivity index (χ0) is 10.9. The van der Waals surface area contributed by atoms with Crippen LogP contribution >= 0.6 is 11.3 Å². The number of carbonyl (C=O) groups excluding carboxylic acids is 1. The third-order valence-electron chi connectivity index (χ3n) is 2.03. The molecule has 0 aliphatic rings. The Hall–Kier alpha value is -0.870. The Morgan fingerprint density at radius 1 is 1.47 bits per heavy atom. The van der Waals surface area contributed by atoms with E-state index in [1.807, 2.05) is 0 Å². The van der Waals surface area contributed by atoms with Crippen molar-refractivity contribution in [1.29, 1.82) is 0 Å².